The quantitative estimate of drug-likeness (QED) is 0.267. The molecule has 2 N–H and O–H groups in total. The lowest BCUT2D eigenvalue weighted by Gasteiger charge is -2.10. The number of halogens is 2. The van der Waals surface area contributed by atoms with Gasteiger partial charge in [0.25, 0.3) is 0 Å². The average Bonchev–Trinajstić information content (AvgIpc) is 3.34. The zero-order valence-corrected chi connectivity index (χ0v) is 18.9. The molecule has 0 spiro atoms. The molecule has 0 saturated heterocycles. The van der Waals surface area contributed by atoms with Crippen molar-refractivity contribution in [2.24, 2.45) is 0 Å². The second-order valence-corrected chi connectivity index (χ2v) is 8.08. The van der Waals surface area contributed by atoms with Crippen LogP contribution in [0.4, 0.5) is 8.78 Å². The van der Waals surface area contributed by atoms with Gasteiger partial charge in [-0.05, 0) is 71.8 Å². The van der Waals surface area contributed by atoms with Crippen LogP contribution in [0.25, 0.3) is 45.0 Å². The van der Waals surface area contributed by atoms with Gasteiger partial charge in [-0.15, -0.1) is 0 Å². The predicted molar refractivity (Wildman–Crippen MR) is 133 cm³/mol. The molecule has 178 valence electrons. The van der Waals surface area contributed by atoms with E-state index in [0.29, 0.717) is 28.5 Å². The van der Waals surface area contributed by atoms with Crippen LogP contribution in [-0.2, 0) is 4.79 Å². The Labute approximate surface area is 205 Å². The van der Waals surface area contributed by atoms with Gasteiger partial charge < -0.3 is 14.8 Å². The summed E-state index contributed by atoms with van der Waals surface area (Å²) in [6.07, 6.45) is 0. The van der Waals surface area contributed by atoms with Gasteiger partial charge in [-0.3, -0.25) is 0 Å². The van der Waals surface area contributed by atoms with Crippen molar-refractivity contribution in [2.75, 3.05) is 6.61 Å². The molecule has 0 atom stereocenters. The minimum Gasteiger partial charge on any atom is -0.482 e. The first-order chi connectivity index (χ1) is 17.5. The van der Waals surface area contributed by atoms with E-state index in [0.717, 1.165) is 22.3 Å². The maximum atomic E-state index is 13.6. The van der Waals surface area contributed by atoms with Crippen molar-refractivity contribution in [3.8, 4) is 50.8 Å². The molecule has 0 amide bonds. The Balaban J connectivity index is 1.63. The maximum Gasteiger partial charge on any atom is 0.341 e. The Bertz CT molecular complexity index is 1460. The summed E-state index contributed by atoms with van der Waals surface area (Å²) >= 11 is 0. The van der Waals surface area contributed by atoms with Gasteiger partial charge in [0.05, 0.1) is 11.4 Å². The van der Waals surface area contributed by atoms with Crippen molar-refractivity contribution in [1.82, 2.24) is 9.97 Å². The standard InChI is InChI=1S/C29H20F2N2O3/c30-21-12-8-18(9-13-21)27-28(19-10-14-22(31)15-11-19)33-29(32-27)25-7-2-1-6-24(25)20-4-3-5-23(16-20)36-17-26(34)35/h1-16H,17H2,(H,32,33)(H,34,35). The monoisotopic (exact) mass is 482 g/mol. The summed E-state index contributed by atoms with van der Waals surface area (Å²) in [7, 11) is 0. The maximum absolute atomic E-state index is 13.6. The first-order valence-electron chi connectivity index (χ1n) is 11.1. The van der Waals surface area contributed by atoms with E-state index in [-0.39, 0.29) is 11.6 Å². The van der Waals surface area contributed by atoms with E-state index in [1.54, 1.807) is 42.5 Å². The van der Waals surface area contributed by atoms with Crippen LogP contribution in [0.15, 0.2) is 97.1 Å². The number of imidazole rings is 1. The van der Waals surface area contributed by atoms with Crippen LogP contribution in [0, 0.1) is 11.6 Å². The van der Waals surface area contributed by atoms with Crippen molar-refractivity contribution in [2.45, 2.75) is 0 Å². The molecule has 4 aromatic carbocycles. The van der Waals surface area contributed by atoms with E-state index in [1.165, 1.54) is 24.3 Å². The topological polar surface area (TPSA) is 75.2 Å². The number of benzene rings is 4. The number of carboxylic acids is 1. The minimum atomic E-state index is -1.06. The van der Waals surface area contributed by atoms with Gasteiger partial charge in [-0.2, -0.15) is 0 Å². The average molecular weight is 482 g/mol. The molecule has 0 aliphatic carbocycles. The van der Waals surface area contributed by atoms with Gasteiger partial charge in [-0.1, -0.05) is 36.4 Å². The lowest BCUT2D eigenvalue weighted by atomic mass is 9.99. The zero-order valence-electron chi connectivity index (χ0n) is 18.9. The summed E-state index contributed by atoms with van der Waals surface area (Å²) in [4.78, 5) is 19.1. The lowest BCUT2D eigenvalue weighted by molar-refractivity contribution is -0.139. The van der Waals surface area contributed by atoms with E-state index in [2.05, 4.69) is 4.98 Å². The molecule has 36 heavy (non-hydrogen) atoms. The number of aliphatic carboxylic acids is 1. The Morgan fingerprint density at radius 1 is 0.778 bits per heavy atom. The highest BCUT2D eigenvalue weighted by Gasteiger charge is 2.18. The molecular formula is C29H20F2N2O3. The molecule has 0 bridgehead atoms. The van der Waals surface area contributed by atoms with Crippen LogP contribution in [-0.4, -0.2) is 27.7 Å². The molecule has 1 aromatic heterocycles. The van der Waals surface area contributed by atoms with Crippen molar-refractivity contribution in [1.29, 1.82) is 0 Å². The van der Waals surface area contributed by atoms with Crippen LogP contribution in [0.3, 0.4) is 0 Å². The van der Waals surface area contributed by atoms with E-state index in [4.69, 9.17) is 14.8 Å². The molecule has 0 unspecified atom stereocenters. The van der Waals surface area contributed by atoms with Crippen LogP contribution >= 0.6 is 0 Å². The number of carboxylic acid groups (broad SMARTS) is 1. The predicted octanol–water partition coefficient (Wildman–Crippen LogP) is 6.82. The zero-order chi connectivity index (χ0) is 25.1. The highest BCUT2D eigenvalue weighted by molar-refractivity contribution is 5.86. The first-order valence-corrected chi connectivity index (χ1v) is 11.1. The Morgan fingerprint density at radius 2 is 1.42 bits per heavy atom. The summed E-state index contributed by atoms with van der Waals surface area (Å²) in [6.45, 7) is -0.439. The van der Waals surface area contributed by atoms with Crippen molar-refractivity contribution >= 4 is 5.97 Å². The summed E-state index contributed by atoms with van der Waals surface area (Å²) in [5.74, 6) is -0.757. The van der Waals surface area contributed by atoms with E-state index >= 15 is 0 Å². The van der Waals surface area contributed by atoms with Crippen LogP contribution in [0.2, 0.25) is 0 Å². The third-order valence-electron chi connectivity index (χ3n) is 5.64. The van der Waals surface area contributed by atoms with E-state index in [1.807, 2.05) is 30.3 Å². The number of carbonyl (C=O) groups is 1. The molecule has 5 rings (SSSR count). The molecule has 7 heteroatoms. The van der Waals surface area contributed by atoms with Crippen molar-refractivity contribution in [3.63, 3.8) is 0 Å². The van der Waals surface area contributed by atoms with Crippen LogP contribution < -0.4 is 4.74 Å². The fraction of sp³-hybridized carbons (Fsp3) is 0.0345. The minimum absolute atomic E-state index is 0.350. The number of hydrogen-bond acceptors (Lipinski definition) is 3. The normalized spacial score (nSPS) is 10.8. The number of rotatable bonds is 7. The summed E-state index contributed by atoms with van der Waals surface area (Å²) in [5.41, 5.74) is 5.18. The Kier molecular flexibility index (Phi) is 6.28. The fourth-order valence-corrected chi connectivity index (χ4v) is 3.98. The highest BCUT2D eigenvalue weighted by atomic mass is 19.1. The SMILES string of the molecule is O=C(O)COc1cccc(-c2ccccc2-c2nc(-c3ccc(F)cc3)c(-c3ccc(F)cc3)[nH]2)c1. The van der Waals surface area contributed by atoms with Gasteiger partial charge >= 0.3 is 5.97 Å². The molecule has 1 heterocycles. The number of hydrogen-bond donors (Lipinski definition) is 2. The first kappa shape index (κ1) is 23.0. The Morgan fingerprint density at radius 3 is 2.08 bits per heavy atom. The molecule has 0 saturated carbocycles. The Hall–Kier alpha value is -4.78. The smallest absolute Gasteiger partial charge is 0.341 e. The molecular weight excluding hydrogens is 462 g/mol. The third-order valence-corrected chi connectivity index (χ3v) is 5.64. The molecule has 0 aliphatic heterocycles. The lowest BCUT2D eigenvalue weighted by Crippen LogP contribution is -2.09. The number of aromatic amines is 1. The van der Waals surface area contributed by atoms with Crippen molar-refractivity contribution in [3.05, 3.63) is 109 Å². The summed E-state index contributed by atoms with van der Waals surface area (Å²) in [6, 6.07) is 26.9. The van der Waals surface area contributed by atoms with Gasteiger partial charge in [0.1, 0.15) is 23.2 Å². The van der Waals surface area contributed by atoms with Gasteiger partial charge in [-0.25, -0.2) is 18.6 Å². The number of nitrogens with zero attached hydrogens (tertiary/aromatic N) is 1. The number of aromatic nitrogens is 2. The second-order valence-electron chi connectivity index (χ2n) is 8.08. The number of ether oxygens (including phenoxy) is 1. The second kappa shape index (κ2) is 9.84. The fourth-order valence-electron chi connectivity index (χ4n) is 3.98. The van der Waals surface area contributed by atoms with Gasteiger partial charge in [0.2, 0.25) is 0 Å². The third kappa shape index (κ3) is 4.86. The highest BCUT2D eigenvalue weighted by Crippen LogP contribution is 2.37. The van der Waals surface area contributed by atoms with Gasteiger partial charge in [0.15, 0.2) is 6.61 Å². The number of nitrogens with one attached hydrogen (secondary N) is 1. The molecule has 0 fully saturated rings. The molecule has 5 nitrogen and oxygen atoms in total. The molecule has 5 aromatic rings. The number of H-pyrrole nitrogens is 1. The van der Waals surface area contributed by atoms with Gasteiger partial charge in [0, 0.05) is 16.7 Å². The molecule has 0 aliphatic rings. The summed E-state index contributed by atoms with van der Waals surface area (Å²) in [5, 5.41) is 8.92. The van der Waals surface area contributed by atoms with E-state index < -0.39 is 12.6 Å². The largest absolute Gasteiger partial charge is 0.482 e. The van der Waals surface area contributed by atoms with Crippen molar-refractivity contribution < 1.29 is 23.4 Å². The van der Waals surface area contributed by atoms with Crippen LogP contribution in [0.1, 0.15) is 0 Å². The van der Waals surface area contributed by atoms with E-state index in [9.17, 15) is 13.6 Å². The van der Waals surface area contributed by atoms with Crippen LogP contribution in [0.5, 0.6) is 5.75 Å². The summed E-state index contributed by atoms with van der Waals surface area (Å²) < 4.78 is 32.6. The molecule has 0 radical (unpaired) electrons.